The molecule has 0 bridgehead atoms. The summed E-state index contributed by atoms with van der Waals surface area (Å²) in [6.07, 6.45) is -3.46. The molecule has 0 saturated carbocycles. The Hall–Kier alpha value is -3.10. The minimum absolute atomic E-state index is 0. The zero-order valence-corrected chi connectivity index (χ0v) is 21.8. The molecule has 3 aromatic carbocycles. The van der Waals surface area contributed by atoms with Crippen LogP contribution in [0.1, 0.15) is 16.7 Å². The van der Waals surface area contributed by atoms with Gasteiger partial charge in [-0.15, -0.1) is 12.4 Å². The number of benzene rings is 3. The van der Waals surface area contributed by atoms with Crippen LogP contribution in [0.25, 0.3) is 0 Å². The number of para-hydroxylation sites is 1. The number of nitrogens with zero attached hydrogens (tertiary/aromatic N) is 2. The highest BCUT2D eigenvalue weighted by Crippen LogP contribution is 2.36. The third-order valence-electron chi connectivity index (χ3n) is 6.39. The van der Waals surface area contributed by atoms with Crippen molar-refractivity contribution < 1.29 is 27.4 Å². The standard InChI is InChI=1S/C28H31F3N2O3.ClH/c1-34-23-17-24(35-2)19-25(18-23)36-20-22-9-7-21(8-10-22)11-12-32-13-15-33(16-14-32)27-6-4-3-5-26(27)28(29,30)31;/h3-10,17-19H,11-16,20H2,1-2H3;1H. The summed E-state index contributed by atoms with van der Waals surface area (Å²) >= 11 is 0. The summed E-state index contributed by atoms with van der Waals surface area (Å²) in [4.78, 5) is 4.14. The van der Waals surface area contributed by atoms with E-state index in [2.05, 4.69) is 29.2 Å². The van der Waals surface area contributed by atoms with Crippen molar-refractivity contribution in [2.45, 2.75) is 19.2 Å². The number of anilines is 1. The van der Waals surface area contributed by atoms with Gasteiger partial charge in [-0.3, -0.25) is 4.90 Å². The summed E-state index contributed by atoms with van der Waals surface area (Å²) in [5.41, 5.74) is 1.98. The zero-order chi connectivity index (χ0) is 25.5. The van der Waals surface area contributed by atoms with E-state index >= 15 is 0 Å². The van der Waals surface area contributed by atoms with E-state index in [0.29, 0.717) is 36.9 Å². The highest BCUT2D eigenvalue weighted by atomic mass is 35.5. The van der Waals surface area contributed by atoms with E-state index in [0.717, 1.165) is 37.7 Å². The van der Waals surface area contributed by atoms with Crippen molar-refractivity contribution in [1.29, 1.82) is 0 Å². The Bertz CT molecular complexity index is 1110. The van der Waals surface area contributed by atoms with Gasteiger partial charge in [-0.2, -0.15) is 13.2 Å². The van der Waals surface area contributed by atoms with Crippen molar-refractivity contribution in [2.24, 2.45) is 0 Å². The van der Waals surface area contributed by atoms with Gasteiger partial charge in [0.25, 0.3) is 0 Å². The van der Waals surface area contributed by atoms with E-state index in [1.165, 1.54) is 11.6 Å². The number of ether oxygens (including phenoxy) is 3. The number of hydrogen-bond donors (Lipinski definition) is 0. The second-order valence-corrected chi connectivity index (χ2v) is 8.75. The predicted molar refractivity (Wildman–Crippen MR) is 141 cm³/mol. The van der Waals surface area contributed by atoms with Crippen molar-refractivity contribution in [3.8, 4) is 17.2 Å². The molecular weight excluding hydrogens is 505 g/mol. The highest BCUT2D eigenvalue weighted by Gasteiger charge is 2.35. The molecule has 0 atom stereocenters. The van der Waals surface area contributed by atoms with Crippen LogP contribution in [0.3, 0.4) is 0 Å². The fourth-order valence-corrected chi connectivity index (χ4v) is 4.32. The summed E-state index contributed by atoms with van der Waals surface area (Å²) in [5.74, 6) is 2.02. The van der Waals surface area contributed by atoms with Gasteiger partial charge in [-0.05, 0) is 29.7 Å². The molecule has 3 aromatic rings. The van der Waals surface area contributed by atoms with Gasteiger partial charge in [-0.25, -0.2) is 0 Å². The second-order valence-electron chi connectivity index (χ2n) is 8.75. The minimum Gasteiger partial charge on any atom is -0.496 e. The average Bonchev–Trinajstić information content (AvgIpc) is 2.91. The Morgan fingerprint density at radius 1 is 0.757 bits per heavy atom. The van der Waals surface area contributed by atoms with E-state index in [4.69, 9.17) is 14.2 Å². The van der Waals surface area contributed by atoms with Crippen LogP contribution in [-0.4, -0.2) is 51.8 Å². The number of hydrogen-bond acceptors (Lipinski definition) is 5. The maximum absolute atomic E-state index is 13.4. The molecule has 0 N–H and O–H groups in total. The third-order valence-corrected chi connectivity index (χ3v) is 6.39. The molecule has 37 heavy (non-hydrogen) atoms. The fourth-order valence-electron chi connectivity index (χ4n) is 4.32. The van der Waals surface area contributed by atoms with Gasteiger partial charge in [0, 0.05) is 56.6 Å². The van der Waals surface area contributed by atoms with Crippen LogP contribution in [0.2, 0.25) is 0 Å². The summed E-state index contributed by atoms with van der Waals surface area (Å²) in [7, 11) is 3.20. The first-order valence-electron chi connectivity index (χ1n) is 11.9. The molecule has 0 unspecified atom stereocenters. The smallest absolute Gasteiger partial charge is 0.418 e. The summed E-state index contributed by atoms with van der Waals surface area (Å²) < 4.78 is 56.5. The topological polar surface area (TPSA) is 34.2 Å². The molecule has 0 radical (unpaired) electrons. The van der Waals surface area contributed by atoms with Crippen LogP contribution >= 0.6 is 12.4 Å². The molecule has 200 valence electrons. The molecule has 0 spiro atoms. The molecule has 1 aliphatic heterocycles. The molecule has 1 saturated heterocycles. The van der Waals surface area contributed by atoms with E-state index in [-0.39, 0.29) is 18.1 Å². The van der Waals surface area contributed by atoms with Crippen molar-refractivity contribution in [2.75, 3.05) is 51.8 Å². The third kappa shape index (κ3) is 7.69. The van der Waals surface area contributed by atoms with Gasteiger partial charge in [0.1, 0.15) is 23.9 Å². The maximum Gasteiger partial charge on any atom is 0.418 e. The average molecular weight is 537 g/mol. The van der Waals surface area contributed by atoms with Crippen molar-refractivity contribution in [3.05, 3.63) is 83.4 Å². The van der Waals surface area contributed by atoms with Crippen LogP contribution in [0.5, 0.6) is 17.2 Å². The number of piperazine rings is 1. The van der Waals surface area contributed by atoms with Crippen molar-refractivity contribution >= 4 is 18.1 Å². The van der Waals surface area contributed by atoms with Gasteiger partial charge < -0.3 is 19.1 Å². The molecule has 1 heterocycles. The molecule has 0 aromatic heterocycles. The predicted octanol–water partition coefficient (Wildman–Crippen LogP) is 6.09. The van der Waals surface area contributed by atoms with Gasteiger partial charge in [0.2, 0.25) is 0 Å². The quantitative estimate of drug-likeness (QED) is 0.331. The number of alkyl halides is 3. The molecule has 0 amide bonds. The Morgan fingerprint density at radius 2 is 1.32 bits per heavy atom. The van der Waals surface area contributed by atoms with Crippen LogP contribution < -0.4 is 19.1 Å². The molecule has 0 aliphatic carbocycles. The largest absolute Gasteiger partial charge is 0.496 e. The first-order valence-corrected chi connectivity index (χ1v) is 11.9. The van der Waals surface area contributed by atoms with E-state index in [1.54, 1.807) is 32.4 Å². The molecule has 4 rings (SSSR count). The Balaban J connectivity index is 0.00000380. The highest BCUT2D eigenvalue weighted by molar-refractivity contribution is 5.85. The number of methoxy groups -OCH3 is 2. The maximum atomic E-state index is 13.4. The number of rotatable bonds is 9. The normalized spacial score (nSPS) is 14.1. The van der Waals surface area contributed by atoms with Crippen LogP contribution in [-0.2, 0) is 19.2 Å². The summed E-state index contributed by atoms with van der Waals surface area (Å²) in [6.45, 7) is 3.94. The Kier molecular flexibility index (Phi) is 9.94. The van der Waals surface area contributed by atoms with Gasteiger partial charge in [-0.1, -0.05) is 36.4 Å². The van der Waals surface area contributed by atoms with E-state index in [1.807, 2.05) is 17.0 Å². The van der Waals surface area contributed by atoms with Crippen LogP contribution in [0.15, 0.2) is 66.7 Å². The Labute approximate surface area is 222 Å². The first kappa shape index (κ1) is 28.5. The van der Waals surface area contributed by atoms with Crippen LogP contribution in [0, 0.1) is 0 Å². The molecule has 1 aliphatic rings. The lowest BCUT2D eigenvalue weighted by Crippen LogP contribution is -2.47. The lowest BCUT2D eigenvalue weighted by molar-refractivity contribution is -0.137. The van der Waals surface area contributed by atoms with Crippen molar-refractivity contribution in [1.82, 2.24) is 4.90 Å². The monoisotopic (exact) mass is 536 g/mol. The lowest BCUT2D eigenvalue weighted by atomic mass is 10.1. The zero-order valence-electron chi connectivity index (χ0n) is 21.0. The summed E-state index contributed by atoms with van der Waals surface area (Å²) in [5, 5.41) is 0. The number of halogens is 4. The molecule has 5 nitrogen and oxygen atoms in total. The molecule has 9 heteroatoms. The second kappa shape index (κ2) is 12.9. The first-order chi connectivity index (χ1) is 17.4. The van der Waals surface area contributed by atoms with Crippen molar-refractivity contribution in [3.63, 3.8) is 0 Å². The van der Waals surface area contributed by atoms with Crippen LogP contribution in [0.4, 0.5) is 18.9 Å². The molecular formula is C28H32ClF3N2O3. The molecule has 1 fully saturated rings. The van der Waals surface area contributed by atoms with Gasteiger partial charge in [0.15, 0.2) is 0 Å². The fraction of sp³-hybridized carbons (Fsp3) is 0.357. The SMILES string of the molecule is COc1cc(OC)cc(OCc2ccc(CCN3CCN(c4ccccc4C(F)(F)F)CC3)cc2)c1.Cl. The minimum atomic E-state index is -4.34. The lowest BCUT2D eigenvalue weighted by Gasteiger charge is -2.37. The summed E-state index contributed by atoms with van der Waals surface area (Å²) in [6, 6.07) is 19.6. The van der Waals surface area contributed by atoms with E-state index < -0.39 is 11.7 Å². The van der Waals surface area contributed by atoms with E-state index in [9.17, 15) is 13.2 Å². The van der Waals surface area contributed by atoms with Gasteiger partial charge in [0.05, 0.1) is 19.8 Å². The van der Waals surface area contributed by atoms with Gasteiger partial charge >= 0.3 is 6.18 Å². The Morgan fingerprint density at radius 3 is 1.92 bits per heavy atom.